The van der Waals surface area contributed by atoms with Crippen molar-refractivity contribution in [3.63, 3.8) is 0 Å². The highest BCUT2D eigenvalue weighted by atomic mass is 16.2. The van der Waals surface area contributed by atoms with Crippen molar-refractivity contribution in [3.8, 4) is 0 Å². The van der Waals surface area contributed by atoms with Gasteiger partial charge in [-0.25, -0.2) is 0 Å². The quantitative estimate of drug-likeness (QED) is 0.772. The fraction of sp³-hybridized carbons (Fsp3) is 0.696. The Morgan fingerprint density at radius 1 is 1.15 bits per heavy atom. The molecule has 3 rings (SSSR count). The van der Waals surface area contributed by atoms with Crippen LogP contribution in [0.3, 0.4) is 0 Å². The molecule has 0 aromatic heterocycles. The van der Waals surface area contributed by atoms with Gasteiger partial charge in [-0.15, -0.1) is 0 Å². The van der Waals surface area contributed by atoms with E-state index >= 15 is 0 Å². The second-order valence-electron chi connectivity index (χ2n) is 8.51. The first-order chi connectivity index (χ1) is 13.1. The molecule has 0 radical (unpaired) electrons. The molecule has 4 heteroatoms. The lowest BCUT2D eigenvalue weighted by Crippen LogP contribution is -2.48. The summed E-state index contributed by atoms with van der Waals surface area (Å²) in [6.45, 7) is 7.34. The zero-order valence-corrected chi connectivity index (χ0v) is 17.4. The molecule has 1 aromatic rings. The third-order valence-corrected chi connectivity index (χ3v) is 6.61. The number of fused-ring (bicyclic) bond motifs is 1. The fourth-order valence-corrected chi connectivity index (χ4v) is 4.58. The van der Waals surface area contributed by atoms with E-state index in [9.17, 15) is 4.79 Å². The van der Waals surface area contributed by atoms with Crippen molar-refractivity contribution in [1.29, 1.82) is 0 Å². The van der Waals surface area contributed by atoms with Gasteiger partial charge < -0.3 is 10.6 Å². The second-order valence-corrected chi connectivity index (χ2v) is 8.51. The summed E-state index contributed by atoms with van der Waals surface area (Å²) in [6, 6.07) is 6.81. The number of likely N-dealkylation sites (tertiary alicyclic amines) is 1. The smallest absolute Gasteiger partial charge is 0.237 e. The van der Waals surface area contributed by atoms with Gasteiger partial charge in [0.1, 0.15) is 0 Å². The molecular weight excluding hydrogens is 334 g/mol. The summed E-state index contributed by atoms with van der Waals surface area (Å²) >= 11 is 0. The van der Waals surface area contributed by atoms with Crippen molar-refractivity contribution in [3.05, 3.63) is 34.9 Å². The molecule has 1 saturated heterocycles. The molecule has 0 bridgehead atoms. The maximum atomic E-state index is 12.8. The number of aryl methyl sites for hydroxylation is 2. The van der Waals surface area contributed by atoms with Crippen LogP contribution < -0.4 is 10.6 Å². The van der Waals surface area contributed by atoms with E-state index in [1.165, 1.54) is 61.6 Å². The summed E-state index contributed by atoms with van der Waals surface area (Å²) < 4.78 is 0. The Kier molecular flexibility index (Phi) is 7.31. The zero-order chi connectivity index (χ0) is 19.2. The van der Waals surface area contributed by atoms with E-state index in [2.05, 4.69) is 47.6 Å². The van der Waals surface area contributed by atoms with Crippen molar-refractivity contribution in [2.75, 3.05) is 26.7 Å². The highest BCUT2D eigenvalue weighted by molar-refractivity contribution is 5.81. The number of piperidine rings is 1. The Morgan fingerprint density at radius 3 is 2.56 bits per heavy atom. The van der Waals surface area contributed by atoms with Crippen LogP contribution in [0, 0.1) is 5.92 Å². The Balaban J connectivity index is 1.51. The fourth-order valence-electron chi connectivity index (χ4n) is 4.58. The number of carbonyl (C=O) groups excluding carboxylic acids is 1. The van der Waals surface area contributed by atoms with Gasteiger partial charge >= 0.3 is 0 Å². The van der Waals surface area contributed by atoms with Crippen LogP contribution >= 0.6 is 0 Å². The Bertz CT molecular complexity index is 622. The molecule has 1 aromatic carbocycles. The van der Waals surface area contributed by atoms with Gasteiger partial charge in [-0.1, -0.05) is 18.2 Å². The number of rotatable bonds is 7. The van der Waals surface area contributed by atoms with E-state index in [1.54, 1.807) is 0 Å². The van der Waals surface area contributed by atoms with Gasteiger partial charge in [0, 0.05) is 0 Å². The third-order valence-electron chi connectivity index (χ3n) is 6.61. The first-order valence-electron chi connectivity index (χ1n) is 10.9. The van der Waals surface area contributed by atoms with Crippen LogP contribution in [0.2, 0.25) is 0 Å². The molecule has 2 atom stereocenters. The molecule has 27 heavy (non-hydrogen) atoms. The summed E-state index contributed by atoms with van der Waals surface area (Å²) in [6.07, 6.45) is 8.65. The minimum Gasteiger partial charge on any atom is -0.348 e. The molecule has 1 amide bonds. The monoisotopic (exact) mass is 371 g/mol. The summed E-state index contributed by atoms with van der Waals surface area (Å²) in [7, 11) is 2.02. The SMILES string of the molecule is CNCCC1CCN(C(C)C(=O)NC(C)c2ccc3c(c2)CCCC3)CC1. The number of hydrogen-bond donors (Lipinski definition) is 2. The molecular formula is C23H37N3O. The van der Waals surface area contributed by atoms with Crippen LogP contribution in [-0.4, -0.2) is 43.5 Å². The topological polar surface area (TPSA) is 44.4 Å². The minimum absolute atomic E-state index is 0.0460. The molecule has 0 spiro atoms. The zero-order valence-electron chi connectivity index (χ0n) is 17.4. The Hall–Kier alpha value is -1.39. The predicted octanol–water partition coefficient (Wildman–Crippen LogP) is 3.45. The first kappa shape index (κ1) is 20.3. The van der Waals surface area contributed by atoms with Crippen LogP contribution in [0.1, 0.15) is 68.7 Å². The molecule has 2 N–H and O–H groups in total. The minimum atomic E-state index is -0.0460. The van der Waals surface area contributed by atoms with E-state index in [0.717, 1.165) is 25.6 Å². The third kappa shape index (κ3) is 5.32. The molecule has 150 valence electrons. The van der Waals surface area contributed by atoms with E-state index in [-0.39, 0.29) is 18.0 Å². The highest BCUT2D eigenvalue weighted by Gasteiger charge is 2.27. The number of amides is 1. The standard InChI is InChI=1S/C23H37N3O/c1-17(21-9-8-20-6-4-5-7-22(20)16-21)25-23(27)18(2)26-14-11-19(12-15-26)10-13-24-3/h8-9,16-19,24H,4-7,10-15H2,1-3H3,(H,25,27). The van der Waals surface area contributed by atoms with Gasteiger partial charge in [-0.3, -0.25) is 9.69 Å². The van der Waals surface area contributed by atoms with Crippen LogP contribution in [0.25, 0.3) is 0 Å². The molecule has 1 heterocycles. The highest BCUT2D eigenvalue weighted by Crippen LogP contribution is 2.25. The van der Waals surface area contributed by atoms with Gasteiger partial charge in [-0.2, -0.15) is 0 Å². The average molecular weight is 372 g/mol. The molecule has 1 fully saturated rings. The maximum Gasteiger partial charge on any atom is 0.237 e. The summed E-state index contributed by atoms with van der Waals surface area (Å²) in [5, 5.41) is 6.50. The summed E-state index contributed by atoms with van der Waals surface area (Å²) in [4.78, 5) is 15.2. The number of carbonyl (C=O) groups is 1. The molecule has 2 unspecified atom stereocenters. The van der Waals surface area contributed by atoms with Gasteiger partial charge in [0.05, 0.1) is 12.1 Å². The van der Waals surface area contributed by atoms with Crippen LogP contribution in [-0.2, 0) is 17.6 Å². The van der Waals surface area contributed by atoms with Crippen molar-refractivity contribution < 1.29 is 4.79 Å². The number of hydrogen-bond acceptors (Lipinski definition) is 3. The number of nitrogens with one attached hydrogen (secondary N) is 2. The lowest BCUT2D eigenvalue weighted by molar-refractivity contribution is -0.127. The lowest BCUT2D eigenvalue weighted by Gasteiger charge is -2.35. The van der Waals surface area contributed by atoms with Crippen LogP contribution in [0.4, 0.5) is 0 Å². The second kappa shape index (κ2) is 9.70. The predicted molar refractivity (Wildman–Crippen MR) is 112 cm³/mol. The van der Waals surface area contributed by atoms with Gasteiger partial charge in [0.15, 0.2) is 0 Å². The largest absolute Gasteiger partial charge is 0.348 e. The van der Waals surface area contributed by atoms with E-state index in [4.69, 9.17) is 0 Å². The molecule has 2 aliphatic rings. The lowest BCUT2D eigenvalue weighted by atomic mass is 9.89. The van der Waals surface area contributed by atoms with E-state index in [0.29, 0.717) is 0 Å². The molecule has 4 nitrogen and oxygen atoms in total. The molecule has 1 aliphatic heterocycles. The van der Waals surface area contributed by atoms with Crippen molar-refractivity contribution >= 4 is 5.91 Å². The van der Waals surface area contributed by atoms with E-state index < -0.39 is 0 Å². The van der Waals surface area contributed by atoms with Crippen molar-refractivity contribution in [1.82, 2.24) is 15.5 Å². The van der Waals surface area contributed by atoms with Crippen molar-refractivity contribution in [2.24, 2.45) is 5.92 Å². The number of nitrogens with zero attached hydrogens (tertiary/aromatic N) is 1. The van der Waals surface area contributed by atoms with Crippen LogP contribution in [0.5, 0.6) is 0 Å². The number of benzene rings is 1. The molecule has 1 aliphatic carbocycles. The molecule has 0 saturated carbocycles. The van der Waals surface area contributed by atoms with Gasteiger partial charge in [-0.05, 0) is 108 Å². The normalized spacial score (nSPS) is 20.7. The first-order valence-corrected chi connectivity index (χ1v) is 10.9. The van der Waals surface area contributed by atoms with Crippen molar-refractivity contribution in [2.45, 2.75) is 70.9 Å². The van der Waals surface area contributed by atoms with Gasteiger partial charge in [0.2, 0.25) is 5.91 Å². The average Bonchev–Trinajstić information content (AvgIpc) is 2.71. The summed E-state index contributed by atoms with van der Waals surface area (Å²) in [5.41, 5.74) is 4.22. The maximum absolute atomic E-state index is 12.8. The van der Waals surface area contributed by atoms with E-state index in [1.807, 2.05) is 7.05 Å². The summed E-state index contributed by atoms with van der Waals surface area (Å²) in [5.74, 6) is 0.965. The van der Waals surface area contributed by atoms with Gasteiger partial charge in [0.25, 0.3) is 0 Å². The Labute approximate surface area is 165 Å². The van der Waals surface area contributed by atoms with Crippen LogP contribution in [0.15, 0.2) is 18.2 Å². The Morgan fingerprint density at radius 2 is 1.85 bits per heavy atom.